The maximum atomic E-state index is 12.5. The number of carbonyl (C=O) groups is 1. The van der Waals surface area contributed by atoms with Gasteiger partial charge in [-0.25, -0.2) is 9.97 Å². The van der Waals surface area contributed by atoms with Crippen molar-refractivity contribution in [1.82, 2.24) is 15.3 Å². The summed E-state index contributed by atoms with van der Waals surface area (Å²) in [5.41, 5.74) is 9.29. The molecule has 152 valence electrons. The smallest absolute Gasteiger partial charge is 0.270 e. The highest BCUT2D eigenvalue weighted by Crippen LogP contribution is 2.38. The van der Waals surface area contributed by atoms with Gasteiger partial charge in [0, 0.05) is 37.7 Å². The Bertz CT molecular complexity index is 900. The van der Waals surface area contributed by atoms with Crippen molar-refractivity contribution in [3.05, 3.63) is 53.0 Å². The SMILES string of the molecule is N[C@@H]1CCC[C@@H]2CN(c3nc(CCc4ccccc4)nc4c3CCNC4=O)C[C@@H]21. The van der Waals surface area contributed by atoms with E-state index in [2.05, 4.69) is 39.5 Å². The van der Waals surface area contributed by atoms with Crippen molar-refractivity contribution in [2.45, 2.75) is 44.6 Å². The number of rotatable bonds is 4. The van der Waals surface area contributed by atoms with Gasteiger partial charge in [0.2, 0.25) is 0 Å². The van der Waals surface area contributed by atoms with Crippen molar-refractivity contribution in [2.24, 2.45) is 17.6 Å². The minimum Gasteiger partial charge on any atom is -0.356 e. The Kier molecular flexibility index (Phi) is 4.96. The number of aryl methyl sites for hydroxylation is 2. The molecule has 3 N–H and O–H groups in total. The molecule has 0 bridgehead atoms. The highest BCUT2D eigenvalue weighted by molar-refractivity contribution is 5.96. The van der Waals surface area contributed by atoms with Crippen LogP contribution in [0.4, 0.5) is 5.82 Å². The molecule has 2 aliphatic heterocycles. The highest BCUT2D eigenvalue weighted by Gasteiger charge is 2.40. The molecule has 6 heteroatoms. The normalized spacial score (nSPS) is 26.0. The van der Waals surface area contributed by atoms with Gasteiger partial charge in [0.05, 0.1) is 0 Å². The van der Waals surface area contributed by atoms with Crippen molar-refractivity contribution in [3.8, 4) is 0 Å². The second-order valence-corrected chi connectivity index (χ2v) is 8.71. The lowest BCUT2D eigenvalue weighted by Crippen LogP contribution is -2.38. The molecule has 3 atom stereocenters. The van der Waals surface area contributed by atoms with E-state index in [1.54, 1.807) is 0 Å². The predicted octanol–water partition coefficient (Wildman–Crippen LogP) is 2.11. The van der Waals surface area contributed by atoms with Crippen LogP contribution in [0.3, 0.4) is 0 Å². The molecule has 5 rings (SSSR count). The summed E-state index contributed by atoms with van der Waals surface area (Å²) in [6.07, 6.45) is 6.01. The first-order valence-corrected chi connectivity index (χ1v) is 10.9. The Balaban J connectivity index is 1.45. The van der Waals surface area contributed by atoms with Crippen LogP contribution in [-0.2, 0) is 19.3 Å². The Hall–Kier alpha value is -2.47. The number of aromatic nitrogens is 2. The lowest BCUT2D eigenvalue weighted by Gasteiger charge is -2.29. The Morgan fingerprint density at radius 1 is 1.10 bits per heavy atom. The molecule has 1 aromatic heterocycles. The first-order valence-electron chi connectivity index (χ1n) is 10.9. The molecular weight excluding hydrogens is 362 g/mol. The minimum absolute atomic E-state index is 0.0656. The van der Waals surface area contributed by atoms with E-state index in [1.165, 1.54) is 18.4 Å². The lowest BCUT2D eigenvalue weighted by molar-refractivity contribution is 0.0940. The third-order valence-electron chi connectivity index (χ3n) is 6.84. The molecule has 0 spiro atoms. The van der Waals surface area contributed by atoms with E-state index in [-0.39, 0.29) is 11.9 Å². The molecule has 2 aromatic rings. The summed E-state index contributed by atoms with van der Waals surface area (Å²) in [4.78, 5) is 24.6. The van der Waals surface area contributed by atoms with E-state index in [0.29, 0.717) is 24.1 Å². The number of benzene rings is 1. The number of hydrogen-bond acceptors (Lipinski definition) is 5. The monoisotopic (exact) mass is 391 g/mol. The summed E-state index contributed by atoms with van der Waals surface area (Å²) in [6.45, 7) is 2.61. The lowest BCUT2D eigenvalue weighted by atomic mass is 9.78. The zero-order valence-electron chi connectivity index (χ0n) is 16.8. The maximum absolute atomic E-state index is 12.5. The summed E-state index contributed by atoms with van der Waals surface area (Å²) < 4.78 is 0. The van der Waals surface area contributed by atoms with Crippen LogP contribution in [0.1, 0.15) is 46.7 Å². The molecule has 29 heavy (non-hydrogen) atoms. The van der Waals surface area contributed by atoms with Crippen LogP contribution < -0.4 is 16.0 Å². The molecule has 6 nitrogen and oxygen atoms in total. The van der Waals surface area contributed by atoms with E-state index < -0.39 is 0 Å². The molecule has 1 saturated heterocycles. The van der Waals surface area contributed by atoms with Gasteiger partial charge in [0.15, 0.2) is 0 Å². The Labute approximate surface area is 171 Å². The number of nitrogens with two attached hydrogens (primary N) is 1. The molecule has 3 heterocycles. The largest absolute Gasteiger partial charge is 0.356 e. The third kappa shape index (κ3) is 3.62. The van der Waals surface area contributed by atoms with Crippen LogP contribution in [0.25, 0.3) is 0 Å². The van der Waals surface area contributed by atoms with Crippen molar-refractivity contribution in [1.29, 1.82) is 0 Å². The molecule has 3 aliphatic rings. The van der Waals surface area contributed by atoms with Gasteiger partial charge in [-0.3, -0.25) is 4.79 Å². The molecule has 1 aliphatic carbocycles. The first-order chi connectivity index (χ1) is 14.2. The fourth-order valence-electron chi connectivity index (χ4n) is 5.28. The maximum Gasteiger partial charge on any atom is 0.270 e. The van der Waals surface area contributed by atoms with Crippen LogP contribution >= 0.6 is 0 Å². The van der Waals surface area contributed by atoms with Gasteiger partial charge in [-0.2, -0.15) is 0 Å². The van der Waals surface area contributed by atoms with E-state index in [1.807, 2.05) is 6.07 Å². The molecule has 0 unspecified atom stereocenters. The quantitative estimate of drug-likeness (QED) is 0.834. The minimum atomic E-state index is -0.0656. The van der Waals surface area contributed by atoms with E-state index >= 15 is 0 Å². The molecule has 1 amide bonds. The average Bonchev–Trinajstić information content (AvgIpc) is 3.19. The number of nitrogens with one attached hydrogen (secondary N) is 1. The van der Waals surface area contributed by atoms with Gasteiger partial charge in [-0.15, -0.1) is 0 Å². The van der Waals surface area contributed by atoms with E-state index in [9.17, 15) is 4.79 Å². The van der Waals surface area contributed by atoms with Crippen LogP contribution in [0.5, 0.6) is 0 Å². The number of fused-ring (bicyclic) bond motifs is 2. The average molecular weight is 392 g/mol. The van der Waals surface area contributed by atoms with Crippen LogP contribution in [0.2, 0.25) is 0 Å². The van der Waals surface area contributed by atoms with Crippen LogP contribution in [0, 0.1) is 11.8 Å². The Morgan fingerprint density at radius 2 is 1.97 bits per heavy atom. The standard InChI is InChI=1S/C23H29N5O/c24-19-8-4-7-16-13-28(14-18(16)19)22-17-11-12-25-23(29)21(17)26-20(27-22)10-9-15-5-2-1-3-6-15/h1-3,5-6,16,18-19H,4,7-14,24H2,(H,25,29)/t16-,18+,19-/m1/s1. The van der Waals surface area contributed by atoms with Crippen molar-refractivity contribution < 1.29 is 4.79 Å². The van der Waals surface area contributed by atoms with Gasteiger partial charge in [0.25, 0.3) is 5.91 Å². The van der Waals surface area contributed by atoms with Gasteiger partial charge in [0.1, 0.15) is 17.3 Å². The summed E-state index contributed by atoms with van der Waals surface area (Å²) in [5.74, 6) is 2.87. The van der Waals surface area contributed by atoms with Crippen LogP contribution in [-0.4, -0.2) is 41.6 Å². The second kappa shape index (κ2) is 7.75. The van der Waals surface area contributed by atoms with Crippen molar-refractivity contribution in [3.63, 3.8) is 0 Å². The number of hydrogen-bond donors (Lipinski definition) is 2. The molecular formula is C23H29N5O. The van der Waals surface area contributed by atoms with Gasteiger partial charge in [-0.1, -0.05) is 36.8 Å². The number of nitrogens with zero attached hydrogens (tertiary/aromatic N) is 3. The molecule has 2 fully saturated rings. The topological polar surface area (TPSA) is 84.1 Å². The summed E-state index contributed by atoms with van der Waals surface area (Å²) in [7, 11) is 0. The third-order valence-corrected chi connectivity index (χ3v) is 6.84. The van der Waals surface area contributed by atoms with Crippen molar-refractivity contribution in [2.75, 3.05) is 24.5 Å². The fourth-order valence-corrected chi connectivity index (χ4v) is 5.28. The summed E-state index contributed by atoms with van der Waals surface area (Å²) >= 11 is 0. The Morgan fingerprint density at radius 3 is 2.79 bits per heavy atom. The first kappa shape index (κ1) is 18.6. The number of anilines is 1. The van der Waals surface area contributed by atoms with Gasteiger partial charge in [-0.05, 0) is 43.1 Å². The molecule has 0 radical (unpaired) electrons. The van der Waals surface area contributed by atoms with Gasteiger partial charge < -0.3 is 16.0 Å². The molecule has 1 aromatic carbocycles. The summed E-state index contributed by atoms with van der Waals surface area (Å²) in [6, 6.07) is 10.7. The van der Waals surface area contributed by atoms with Gasteiger partial charge >= 0.3 is 0 Å². The van der Waals surface area contributed by atoms with E-state index in [0.717, 1.165) is 56.0 Å². The fraction of sp³-hybridized carbons (Fsp3) is 0.522. The second-order valence-electron chi connectivity index (χ2n) is 8.71. The summed E-state index contributed by atoms with van der Waals surface area (Å²) in [5, 5.41) is 2.95. The number of amides is 1. The highest BCUT2D eigenvalue weighted by atomic mass is 16.1. The van der Waals surface area contributed by atoms with E-state index in [4.69, 9.17) is 10.7 Å². The zero-order chi connectivity index (χ0) is 19.8. The predicted molar refractivity (Wildman–Crippen MR) is 113 cm³/mol. The van der Waals surface area contributed by atoms with Crippen molar-refractivity contribution >= 4 is 11.7 Å². The zero-order valence-corrected chi connectivity index (χ0v) is 16.8. The number of carbonyl (C=O) groups excluding carboxylic acids is 1. The molecule has 1 saturated carbocycles. The van der Waals surface area contributed by atoms with Crippen LogP contribution in [0.15, 0.2) is 30.3 Å².